The van der Waals surface area contributed by atoms with E-state index in [1.807, 2.05) is 48.5 Å². The van der Waals surface area contributed by atoms with Gasteiger partial charge in [0.1, 0.15) is 6.54 Å². The summed E-state index contributed by atoms with van der Waals surface area (Å²) in [5, 5.41) is 0. The zero-order valence-electron chi connectivity index (χ0n) is 17.2. The summed E-state index contributed by atoms with van der Waals surface area (Å²) in [4.78, 5) is 26.9. The molecule has 0 bridgehead atoms. The Balaban J connectivity index is 1.45. The van der Waals surface area contributed by atoms with E-state index in [2.05, 4.69) is 4.72 Å². The van der Waals surface area contributed by atoms with E-state index in [4.69, 9.17) is 4.74 Å². The normalized spacial score (nSPS) is 12.9. The number of sulfonamides is 1. The van der Waals surface area contributed by atoms with Crippen LogP contribution in [0.5, 0.6) is 0 Å². The van der Waals surface area contributed by atoms with Gasteiger partial charge in [0.2, 0.25) is 10.0 Å². The zero-order chi connectivity index (χ0) is 22.6. The molecule has 0 aliphatic carbocycles. The Morgan fingerprint density at radius 1 is 0.812 bits per heavy atom. The Kier molecular flexibility index (Phi) is 6.34. The van der Waals surface area contributed by atoms with Crippen LogP contribution in [0.25, 0.3) is 0 Å². The molecule has 1 aliphatic rings. The van der Waals surface area contributed by atoms with Crippen LogP contribution in [-0.4, -0.2) is 33.4 Å². The Labute approximate surface area is 186 Å². The summed E-state index contributed by atoms with van der Waals surface area (Å²) in [5.41, 5.74) is 3.56. The minimum atomic E-state index is -3.85. The van der Waals surface area contributed by atoms with Crippen LogP contribution in [0.15, 0.2) is 83.8 Å². The molecular weight excluding hydrogens is 428 g/mol. The number of fused-ring (bicyclic) bond motifs is 2. The van der Waals surface area contributed by atoms with Crippen molar-refractivity contribution in [1.29, 1.82) is 0 Å². The van der Waals surface area contributed by atoms with Gasteiger partial charge in [-0.1, -0.05) is 54.6 Å². The fourth-order valence-electron chi connectivity index (χ4n) is 3.64. The third-order valence-electron chi connectivity index (χ3n) is 5.19. The first-order valence-corrected chi connectivity index (χ1v) is 11.6. The van der Waals surface area contributed by atoms with Crippen LogP contribution < -0.4 is 9.62 Å². The van der Waals surface area contributed by atoms with Crippen molar-refractivity contribution in [3.63, 3.8) is 0 Å². The van der Waals surface area contributed by atoms with Crippen molar-refractivity contribution in [3.05, 3.63) is 90.0 Å². The highest BCUT2D eigenvalue weighted by atomic mass is 32.2. The number of rotatable bonds is 6. The van der Waals surface area contributed by atoms with Crippen LogP contribution in [0.4, 0.5) is 11.4 Å². The second kappa shape index (κ2) is 9.33. The Morgan fingerprint density at radius 3 is 1.94 bits per heavy atom. The second-order valence-electron chi connectivity index (χ2n) is 7.28. The average molecular weight is 451 g/mol. The van der Waals surface area contributed by atoms with Crippen LogP contribution in [0, 0.1) is 0 Å². The molecule has 8 heteroatoms. The smallest absolute Gasteiger partial charge is 0.321 e. The highest BCUT2D eigenvalue weighted by Gasteiger charge is 2.26. The van der Waals surface area contributed by atoms with E-state index in [0.717, 1.165) is 35.3 Å². The number of anilines is 2. The zero-order valence-corrected chi connectivity index (χ0v) is 18.0. The number of carbonyl (C=O) groups is 2. The number of hydrogen-bond acceptors (Lipinski definition) is 5. The van der Waals surface area contributed by atoms with E-state index in [-0.39, 0.29) is 4.90 Å². The second-order valence-corrected chi connectivity index (χ2v) is 9.05. The molecule has 3 aromatic carbocycles. The Hall–Kier alpha value is -3.49. The number of ether oxygens (including phenoxy) is 1. The van der Waals surface area contributed by atoms with E-state index in [9.17, 15) is 18.0 Å². The third-order valence-corrected chi connectivity index (χ3v) is 6.61. The molecule has 0 saturated heterocycles. The molecule has 1 heterocycles. The molecule has 0 radical (unpaired) electrons. The number of esters is 1. The average Bonchev–Trinajstić information content (AvgIpc) is 2.99. The lowest BCUT2D eigenvalue weighted by Crippen LogP contribution is -2.35. The lowest BCUT2D eigenvalue weighted by molar-refractivity contribution is -0.146. The van der Waals surface area contributed by atoms with Gasteiger partial charge in [0, 0.05) is 0 Å². The topological polar surface area (TPSA) is 92.8 Å². The van der Waals surface area contributed by atoms with Gasteiger partial charge in [-0.3, -0.25) is 14.5 Å². The number of amides is 1. The van der Waals surface area contributed by atoms with E-state index < -0.39 is 35.1 Å². The van der Waals surface area contributed by atoms with Crippen molar-refractivity contribution in [1.82, 2.24) is 4.72 Å². The first-order valence-electron chi connectivity index (χ1n) is 10.1. The van der Waals surface area contributed by atoms with Gasteiger partial charge in [-0.15, -0.1) is 0 Å². The maximum absolute atomic E-state index is 13.1. The molecule has 1 N–H and O–H groups in total. The molecule has 3 aromatic rings. The van der Waals surface area contributed by atoms with Gasteiger partial charge in [-0.2, -0.15) is 4.72 Å². The minimum absolute atomic E-state index is 0.0432. The van der Waals surface area contributed by atoms with E-state index in [0.29, 0.717) is 0 Å². The largest absolute Gasteiger partial charge is 0.455 e. The highest BCUT2D eigenvalue weighted by molar-refractivity contribution is 7.89. The van der Waals surface area contributed by atoms with Crippen LogP contribution >= 0.6 is 0 Å². The van der Waals surface area contributed by atoms with Crippen molar-refractivity contribution in [2.24, 2.45) is 0 Å². The van der Waals surface area contributed by atoms with Crippen molar-refractivity contribution < 1.29 is 22.7 Å². The van der Waals surface area contributed by atoms with Gasteiger partial charge in [0.05, 0.1) is 16.3 Å². The molecule has 0 fully saturated rings. The fraction of sp³-hybridized carbons (Fsp3) is 0.167. The van der Waals surface area contributed by atoms with Crippen LogP contribution in [0.2, 0.25) is 0 Å². The van der Waals surface area contributed by atoms with Crippen molar-refractivity contribution in [2.45, 2.75) is 17.7 Å². The van der Waals surface area contributed by atoms with Crippen LogP contribution in [-0.2, 0) is 37.2 Å². The van der Waals surface area contributed by atoms with Crippen molar-refractivity contribution >= 4 is 33.3 Å². The fourth-order valence-corrected chi connectivity index (χ4v) is 4.63. The number of carbonyl (C=O) groups excluding carboxylic acids is 2. The number of hydrogen-bond donors (Lipinski definition) is 1. The van der Waals surface area contributed by atoms with Gasteiger partial charge in [0.15, 0.2) is 6.61 Å². The summed E-state index contributed by atoms with van der Waals surface area (Å²) < 4.78 is 31.8. The maximum atomic E-state index is 13.1. The molecule has 0 aromatic heterocycles. The summed E-state index contributed by atoms with van der Waals surface area (Å²) in [6.07, 6.45) is 1.58. The lowest BCUT2D eigenvalue weighted by Gasteiger charge is -2.24. The van der Waals surface area contributed by atoms with Crippen molar-refractivity contribution in [2.75, 3.05) is 18.1 Å². The number of nitrogens with zero attached hydrogens (tertiary/aromatic N) is 1. The van der Waals surface area contributed by atoms with E-state index in [1.54, 1.807) is 23.1 Å². The van der Waals surface area contributed by atoms with Crippen molar-refractivity contribution in [3.8, 4) is 0 Å². The first kappa shape index (κ1) is 21.7. The summed E-state index contributed by atoms with van der Waals surface area (Å²) in [5.74, 6) is -1.25. The summed E-state index contributed by atoms with van der Waals surface area (Å²) in [6, 6.07) is 23.0. The predicted octanol–water partition coefficient (Wildman–Crippen LogP) is 2.97. The Bertz CT molecular complexity index is 1190. The standard InChI is InChI=1S/C24H22N2O5S/c27-23(17-31-24(28)16-25-32(29,30)20-10-2-1-3-11-20)26-21-12-6-4-8-18(21)14-15-19-9-5-7-13-22(19)26/h1-13,25H,14-17H2. The number of aryl methyl sites for hydroxylation is 2. The SMILES string of the molecule is O=C(CNS(=O)(=O)c1ccccc1)OCC(=O)N1c2ccccc2CCc2ccccc21. The molecule has 0 unspecified atom stereocenters. The molecule has 0 atom stereocenters. The summed E-state index contributed by atoms with van der Waals surface area (Å²) in [7, 11) is -3.85. The summed E-state index contributed by atoms with van der Waals surface area (Å²) in [6.45, 7) is -1.08. The number of para-hydroxylation sites is 2. The Morgan fingerprint density at radius 2 is 1.34 bits per heavy atom. The molecule has 1 amide bonds. The van der Waals surface area contributed by atoms with Gasteiger partial charge in [-0.05, 0) is 48.2 Å². The molecule has 7 nitrogen and oxygen atoms in total. The quantitative estimate of drug-likeness (QED) is 0.583. The van der Waals surface area contributed by atoms with Crippen LogP contribution in [0.1, 0.15) is 11.1 Å². The molecule has 164 valence electrons. The highest BCUT2D eigenvalue weighted by Crippen LogP contribution is 2.35. The molecule has 32 heavy (non-hydrogen) atoms. The van der Waals surface area contributed by atoms with Gasteiger partial charge in [0.25, 0.3) is 5.91 Å². The van der Waals surface area contributed by atoms with E-state index >= 15 is 0 Å². The monoisotopic (exact) mass is 450 g/mol. The minimum Gasteiger partial charge on any atom is -0.455 e. The lowest BCUT2D eigenvalue weighted by atomic mass is 10.0. The summed E-state index contributed by atoms with van der Waals surface area (Å²) >= 11 is 0. The molecule has 1 aliphatic heterocycles. The predicted molar refractivity (Wildman–Crippen MR) is 120 cm³/mol. The van der Waals surface area contributed by atoms with Crippen LogP contribution in [0.3, 0.4) is 0 Å². The first-order chi connectivity index (χ1) is 15.5. The molecule has 0 spiro atoms. The number of nitrogens with one attached hydrogen (secondary N) is 1. The molecule has 0 saturated carbocycles. The maximum Gasteiger partial charge on any atom is 0.321 e. The third kappa shape index (κ3) is 4.71. The van der Waals surface area contributed by atoms with Gasteiger partial charge < -0.3 is 4.74 Å². The number of benzene rings is 3. The molecule has 4 rings (SSSR count). The molecular formula is C24H22N2O5S. The van der Waals surface area contributed by atoms with Gasteiger partial charge in [-0.25, -0.2) is 8.42 Å². The van der Waals surface area contributed by atoms with Gasteiger partial charge >= 0.3 is 5.97 Å². The van der Waals surface area contributed by atoms with E-state index in [1.165, 1.54) is 12.1 Å².